The standard InChI is InChI=1S/C16H20N2O2/c1-2-4-15-12(3-1)9-18(11-20-15)14-5-6-16-13(7-14)8-17-10-19-16/h1-2,4,6-7,12,14,17H,3,5,8-11H2. The van der Waals surface area contributed by atoms with Gasteiger partial charge in [-0.2, -0.15) is 0 Å². The maximum atomic E-state index is 5.92. The average molecular weight is 272 g/mol. The van der Waals surface area contributed by atoms with Gasteiger partial charge >= 0.3 is 0 Å². The summed E-state index contributed by atoms with van der Waals surface area (Å²) in [5, 5.41) is 3.25. The Balaban J connectivity index is 1.47. The van der Waals surface area contributed by atoms with Gasteiger partial charge in [-0.25, -0.2) is 0 Å². The third kappa shape index (κ3) is 2.19. The van der Waals surface area contributed by atoms with E-state index in [-0.39, 0.29) is 0 Å². The fourth-order valence-corrected chi connectivity index (χ4v) is 3.32. The van der Waals surface area contributed by atoms with E-state index in [1.54, 1.807) is 0 Å². The van der Waals surface area contributed by atoms with Crippen molar-refractivity contribution in [1.82, 2.24) is 10.2 Å². The molecule has 2 atom stereocenters. The van der Waals surface area contributed by atoms with Gasteiger partial charge in [0.05, 0.1) is 0 Å². The number of hydrogen-bond donors (Lipinski definition) is 1. The van der Waals surface area contributed by atoms with Crippen molar-refractivity contribution < 1.29 is 9.47 Å². The largest absolute Gasteiger partial charge is 0.482 e. The van der Waals surface area contributed by atoms with E-state index in [0.717, 1.165) is 37.4 Å². The second-order valence-corrected chi connectivity index (χ2v) is 5.75. The molecule has 2 unspecified atom stereocenters. The minimum atomic E-state index is 0.435. The zero-order valence-corrected chi connectivity index (χ0v) is 11.5. The molecule has 0 saturated carbocycles. The smallest absolute Gasteiger partial charge is 0.142 e. The van der Waals surface area contributed by atoms with E-state index in [1.807, 2.05) is 0 Å². The van der Waals surface area contributed by atoms with E-state index in [4.69, 9.17) is 9.47 Å². The molecule has 0 aromatic carbocycles. The topological polar surface area (TPSA) is 33.7 Å². The number of nitrogens with zero attached hydrogens (tertiary/aromatic N) is 1. The van der Waals surface area contributed by atoms with Crippen molar-refractivity contribution in [2.45, 2.75) is 18.9 Å². The summed E-state index contributed by atoms with van der Waals surface area (Å²) >= 11 is 0. The third-order valence-corrected chi connectivity index (χ3v) is 4.44. The molecular weight excluding hydrogens is 252 g/mol. The molecular formula is C16H20N2O2. The van der Waals surface area contributed by atoms with Gasteiger partial charge in [0.25, 0.3) is 0 Å². The number of fused-ring (bicyclic) bond motifs is 2. The molecule has 1 N–H and O–H groups in total. The van der Waals surface area contributed by atoms with Crippen molar-refractivity contribution in [1.29, 1.82) is 0 Å². The molecule has 4 rings (SSSR count). The number of allylic oxidation sites excluding steroid dienone is 3. The van der Waals surface area contributed by atoms with Crippen LogP contribution in [0.3, 0.4) is 0 Å². The van der Waals surface area contributed by atoms with E-state index < -0.39 is 0 Å². The SMILES string of the molecule is C1=CCC2CN(C3C=C4CNCOC4=CC3)COC2=C1. The van der Waals surface area contributed by atoms with E-state index >= 15 is 0 Å². The number of rotatable bonds is 1. The van der Waals surface area contributed by atoms with Crippen molar-refractivity contribution in [3.8, 4) is 0 Å². The van der Waals surface area contributed by atoms with E-state index in [1.165, 1.54) is 5.57 Å². The minimum Gasteiger partial charge on any atom is -0.482 e. The monoisotopic (exact) mass is 272 g/mol. The summed E-state index contributed by atoms with van der Waals surface area (Å²) in [6, 6.07) is 0.435. The second-order valence-electron chi connectivity index (χ2n) is 5.75. The maximum absolute atomic E-state index is 5.92. The highest BCUT2D eigenvalue weighted by atomic mass is 16.5. The summed E-state index contributed by atoms with van der Waals surface area (Å²) in [7, 11) is 0. The second kappa shape index (κ2) is 5.11. The highest BCUT2D eigenvalue weighted by molar-refractivity contribution is 5.34. The lowest BCUT2D eigenvalue weighted by molar-refractivity contribution is -0.0117. The number of ether oxygens (including phenoxy) is 2. The van der Waals surface area contributed by atoms with E-state index in [0.29, 0.717) is 25.4 Å². The zero-order chi connectivity index (χ0) is 13.4. The molecule has 20 heavy (non-hydrogen) atoms. The van der Waals surface area contributed by atoms with Crippen LogP contribution in [0.25, 0.3) is 0 Å². The van der Waals surface area contributed by atoms with E-state index in [9.17, 15) is 0 Å². The van der Waals surface area contributed by atoms with Crippen LogP contribution in [0.4, 0.5) is 0 Å². The Morgan fingerprint density at radius 2 is 2.25 bits per heavy atom. The van der Waals surface area contributed by atoms with Crippen molar-refractivity contribution >= 4 is 0 Å². The molecule has 2 heterocycles. The van der Waals surface area contributed by atoms with Gasteiger partial charge in [-0.15, -0.1) is 0 Å². The molecule has 0 radical (unpaired) electrons. The van der Waals surface area contributed by atoms with Gasteiger partial charge < -0.3 is 9.47 Å². The summed E-state index contributed by atoms with van der Waals surface area (Å²) in [5.74, 6) is 2.75. The molecule has 0 amide bonds. The highest BCUT2D eigenvalue weighted by Gasteiger charge is 2.31. The van der Waals surface area contributed by atoms with E-state index in [2.05, 4.69) is 40.6 Å². The van der Waals surface area contributed by atoms with Crippen LogP contribution in [0.15, 0.2) is 47.5 Å². The lowest BCUT2D eigenvalue weighted by atomic mass is 9.94. The Hall–Kier alpha value is -1.52. The first-order valence-corrected chi connectivity index (χ1v) is 7.38. The first kappa shape index (κ1) is 12.2. The van der Waals surface area contributed by atoms with Gasteiger partial charge in [0.15, 0.2) is 0 Å². The van der Waals surface area contributed by atoms with Crippen molar-refractivity contribution in [2.75, 3.05) is 26.6 Å². The molecule has 4 aliphatic rings. The van der Waals surface area contributed by atoms with Gasteiger partial charge in [-0.3, -0.25) is 10.2 Å². The van der Waals surface area contributed by atoms with Crippen LogP contribution >= 0.6 is 0 Å². The van der Waals surface area contributed by atoms with Gasteiger partial charge in [0.2, 0.25) is 0 Å². The van der Waals surface area contributed by atoms with Gasteiger partial charge in [0.1, 0.15) is 25.0 Å². The molecule has 0 aromatic heterocycles. The Bertz CT molecular complexity index is 519. The van der Waals surface area contributed by atoms with Crippen LogP contribution in [0, 0.1) is 5.92 Å². The summed E-state index contributed by atoms with van der Waals surface area (Å²) in [6.07, 6.45) is 13.1. The molecule has 4 nitrogen and oxygen atoms in total. The number of nitrogens with one attached hydrogen (secondary N) is 1. The quantitative estimate of drug-likeness (QED) is 0.790. The molecule has 2 fully saturated rings. The van der Waals surface area contributed by atoms with Gasteiger partial charge in [0, 0.05) is 30.6 Å². The highest BCUT2D eigenvalue weighted by Crippen LogP contribution is 2.31. The van der Waals surface area contributed by atoms with Crippen LogP contribution < -0.4 is 5.32 Å². The fourth-order valence-electron chi connectivity index (χ4n) is 3.32. The Labute approximate surface area is 119 Å². The van der Waals surface area contributed by atoms with Crippen LogP contribution in [0.1, 0.15) is 12.8 Å². The van der Waals surface area contributed by atoms with Crippen LogP contribution in [-0.2, 0) is 9.47 Å². The lowest BCUT2D eigenvalue weighted by Gasteiger charge is -2.40. The molecule has 2 saturated heterocycles. The molecule has 106 valence electrons. The Kier molecular flexibility index (Phi) is 3.13. The summed E-state index contributed by atoms with van der Waals surface area (Å²) < 4.78 is 11.5. The third-order valence-electron chi connectivity index (χ3n) is 4.44. The fraction of sp³-hybridized carbons (Fsp3) is 0.500. The molecule has 0 spiro atoms. The first-order valence-electron chi connectivity index (χ1n) is 7.38. The van der Waals surface area contributed by atoms with Crippen LogP contribution in [0.5, 0.6) is 0 Å². The summed E-state index contributed by atoms with van der Waals surface area (Å²) in [6.45, 7) is 3.32. The maximum Gasteiger partial charge on any atom is 0.142 e. The Morgan fingerprint density at radius 1 is 1.25 bits per heavy atom. The predicted molar refractivity (Wildman–Crippen MR) is 76.5 cm³/mol. The lowest BCUT2D eigenvalue weighted by Crippen LogP contribution is -2.45. The normalized spacial score (nSPS) is 32.9. The van der Waals surface area contributed by atoms with Gasteiger partial charge in [-0.1, -0.05) is 18.2 Å². The van der Waals surface area contributed by atoms with Crippen molar-refractivity contribution in [2.24, 2.45) is 5.92 Å². The summed E-state index contributed by atoms with van der Waals surface area (Å²) in [4.78, 5) is 2.44. The molecule has 2 aliphatic heterocycles. The first-order chi connectivity index (χ1) is 9.90. The van der Waals surface area contributed by atoms with Crippen LogP contribution in [-0.4, -0.2) is 37.5 Å². The Morgan fingerprint density at radius 3 is 3.25 bits per heavy atom. The van der Waals surface area contributed by atoms with Crippen molar-refractivity contribution in [3.63, 3.8) is 0 Å². The number of hydrogen-bond acceptors (Lipinski definition) is 4. The van der Waals surface area contributed by atoms with Crippen LogP contribution in [0.2, 0.25) is 0 Å². The molecule has 0 aromatic rings. The average Bonchev–Trinajstić information content (AvgIpc) is 2.54. The summed E-state index contributed by atoms with van der Waals surface area (Å²) in [5.41, 5.74) is 1.29. The minimum absolute atomic E-state index is 0.435. The molecule has 4 heteroatoms. The van der Waals surface area contributed by atoms with Crippen molar-refractivity contribution in [3.05, 3.63) is 47.5 Å². The van der Waals surface area contributed by atoms with Gasteiger partial charge in [-0.05, 0) is 25.0 Å². The predicted octanol–water partition coefficient (Wildman–Crippen LogP) is 1.90. The molecule has 0 bridgehead atoms. The molecule has 2 aliphatic carbocycles. The zero-order valence-electron chi connectivity index (χ0n) is 11.5.